The number of nitrogens with two attached hydrogens (primary N) is 1. The molecule has 0 aliphatic carbocycles. The minimum Gasteiger partial charge on any atom is -0.274 e. The number of amides is 2. The molecule has 1 aliphatic heterocycles. The number of nitrogens with zero attached hydrogens (tertiary/aromatic N) is 2. The predicted molar refractivity (Wildman–Crippen MR) is 132 cm³/mol. The van der Waals surface area contributed by atoms with Crippen LogP contribution in [0, 0.1) is 11.3 Å². The Morgan fingerprint density at radius 1 is 0.771 bits per heavy atom. The van der Waals surface area contributed by atoms with E-state index in [9.17, 15) is 18.0 Å². The zero-order valence-electron chi connectivity index (χ0n) is 18.6. The van der Waals surface area contributed by atoms with Gasteiger partial charge in [-0.2, -0.15) is 5.26 Å². The van der Waals surface area contributed by atoms with E-state index in [1.807, 2.05) is 36.4 Å². The van der Waals surface area contributed by atoms with Gasteiger partial charge in [0.1, 0.15) is 0 Å². The van der Waals surface area contributed by atoms with Crippen molar-refractivity contribution in [2.24, 2.45) is 5.14 Å². The second kappa shape index (κ2) is 9.89. The molecule has 0 fully saturated rings. The summed E-state index contributed by atoms with van der Waals surface area (Å²) in [6.07, 6.45) is 0.417. The summed E-state index contributed by atoms with van der Waals surface area (Å²) >= 11 is 0. The number of hydrogen-bond donors (Lipinski definition) is 1. The molecule has 0 bridgehead atoms. The molecule has 2 N–H and O–H groups in total. The van der Waals surface area contributed by atoms with Crippen molar-refractivity contribution in [2.75, 3.05) is 6.54 Å². The summed E-state index contributed by atoms with van der Waals surface area (Å²) in [4.78, 5) is 26.9. The Bertz CT molecular complexity index is 1510. The maximum Gasteiger partial charge on any atom is 0.261 e. The van der Waals surface area contributed by atoms with Crippen LogP contribution in [0.2, 0.25) is 0 Å². The topological polar surface area (TPSA) is 121 Å². The average Bonchev–Trinajstić information content (AvgIpc) is 2.87. The first-order valence-electron chi connectivity index (χ1n) is 10.7. The SMILES string of the molecule is N#Cc1ccccc1.NS(=O)(=O)c1ccc(CCN2C(=O)c3cccc4cccc(c34)C2=O)cc1. The van der Waals surface area contributed by atoms with E-state index < -0.39 is 10.0 Å². The van der Waals surface area contributed by atoms with Gasteiger partial charge >= 0.3 is 0 Å². The van der Waals surface area contributed by atoms with Gasteiger partial charge in [-0.15, -0.1) is 0 Å². The van der Waals surface area contributed by atoms with Crippen LogP contribution in [0.4, 0.5) is 0 Å². The van der Waals surface area contributed by atoms with Crippen LogP contribution in [0.5, 0.6) is 0 Å². The van der Waals surface area contributed by atoms with Crippen molar-refractivity contribution in [3.05, 3.63) is 113 Å². The molecular formula is C27H21N3O4S. The number of sulfonamides is 1. The zero-order valence-corrected chi connectivity index (χ0v) is 19.4. The van der Waals surface area contributed by atoms with Gasteiger partial charge < -0.3 is 0 Å². The van der Waals surface area contributed by atoms with Crippen LogP contribution in [-0.4, -0.2) is 31.7 Å². The number of imide groups is 1. The second-order valence-corrected chi connectivity index (χ2v) is 9.45. The molecule has 0 aromatic heterocycles. The van der Waals surface area contributed by atoms with Gasteiger partial charge in [-0.25, -0.2) is 13.6 Å². The molecular weight excluding hydrogens is 462 g/mol. The van der Waals surface area contributed by atoms with Gasteiger partial charge in [0.15, 0.2) is 0 Å². The number of carbonyl (C=O) groups excluding carboxylic acids is 2. The Balaban J connectivity index is 0.000000308. The molecule has 0 spiro atoms. The van der Waals surface area contributed by atoms with E-state index in [-0.39, 0.29) is 23.3 Å². The number of hydrogen-bond acceptors (Lipinski definition) is 5. The molecule has 2 amide bonds. The van der Waals surface area contributed by atoms with E-state index in [2.05, 4.69) is 0 Å². The Labute approximate surface area is 203 Å². The summed E-state index contributed by atoms with van der Waals surface area (Å²) in [5, 5.41) is 14.9. The fourth-order valence-corrected chi connectivity index (χ4v) is 4.40. The first-order chi connectivity index (χ1) is 16.8. The van der Waals surface area contributed by atoms with Crippen molar-refractivity contribution in [3.63, 3.8) is 0 Å². The maximum atomic E-state index is 12.8. The van der Waals surface area contributed by atoms with E-state index in [1.165, 1.54) is 17.0 Å². The van der Waals surface area contributed by atoms with Gasteiger partial charge in [0.2, 0.25) is 10.0 Å². The predicted octanol–water partition coefficient (Wildman–Crippen LogP) is 3.88. The van der Waals surface area contributed by atoms with Gasteiger partial charge in [0.05, 0.1) is 16.5 Å². The molecule has 4 aromatic rings. The van der Waals surface area contributed by atoms with E-state index in [1.54, 1.807) is 48.5 Å². The fourth-order valence-electron chi connectivity index (χ4n) is 3.88. The molecule has 7 nitrogen and oxygen atoms in total. The minimum absolute atomic E-state index is 0.0250. The molecule has 1 aliphatic rings. The van der Waals surface area contributed by atoms with Crippen molar-refractivity contribution < 1.29 is 18.0 Å². The highest BCUT2D eigenvalue weighted by molar-refractivity contribution is 7.89. The molecule has 0 unspecified atom stereocenters. The summed E-state index contributed by atoms with van der Waals surface area (Å²) in [6.45, 7) is 0.205. The third kappa shape index (κ3) is 5.11. The number of carbonyl (C=O) groups is 2. The van der Waals surface area contributed by atoms with E-state index in [4.69, 9.17) is 10.4 Å². The number of benzene rings is 4. The fraction of sp³-hybridized carbons (Fsp3) is 0.0741. The van der Waals surface area contributed by atoms with Gasteiger partial charge in [0.25, 0.3) is 11.8 Å². The van der Waals surface area contributed by atoms with Crippen molar-refractivity contribution in [1.82, 2.24) is 4.90 Å². The summed E-state index contributed by atoms with van der Waals surface area (Å²) in [6, 6.07) is 28.1. The molecule has 1 heterocycles. The quantitative estimate of drug-likeness (QED) is 0.442. The van der Waals surface area contributed by atoms with Crippen LogP contribution in [0.15, 0.2) is 95.9 Å². The maximum absolute atomic E-state index is 12.8. The molecule has 35 heavy (non-hydrogen) atoms. The summed E-state index contributed by atoms with van der Waals surface area (Å²) in [5.74, 6) is -0.629. The molecule has 4 aromatic carbocycles. The van der Waals surface area contributed by atoms with E-state index >= 15 is 0 Å². The normalized spacial score (nSPS) is 12.6. The third-order valence-corrected chi connectivity index (χ3v) is 6.56. The molecule has 174 valence electrons. The molecule has 0 atom stereocenters. The first-order valence-corrected chi connectivity index (χ1v) is 12.3. The van der Waals surface area contributed by atoms with Crippen LogP contribution in [0.3, 0.4) is 0 Å². The number of nitriles is 1. The van der Waals surface area contributed by atoms with Crippen molar-refractivity contribution in [3.8, 4) is 6.07 Å². The standard InChI is InChI=1S/C20H16N2O4S.C7H5N/c21-27(25,26)15-9-7-13(8-10-15)11-12-22-19(23)16-5-1-3-14-4-2-6-17(18(14)16)20(22)24;8-6-7-4-2-1-3-5-7/h1-10H,11-12H2,(H2,21,25,26);1-5H. The van der Waals surface area contributed by atoms with Gasteiger partial charge in [-0.05, 0) is 53.8 Å². The molecule has 0 saturated heterocycles. The Kier molecular flexibility index (Phi) is 6.73. The highest BCUT2D eigenvalue weighted by atomic mass is 32.2. The highest BCUT2D eigenvalue weighted by Crippen LogP contribution is 2.30. The summed E-state index contributed by atoms with van der Waals surface area (Å²) < 4.78 is 22.6. The number of rotatable bonds is 4. The first kappa shape index (κ1) is 23.8. The second-order valence-electron chi connectivity index (χ2n) is 7.89. The van der Waals surface area contributed by atoms with Crippen LogP contribution in [0.25, 0.3) is 10.8 Å². The molecule has 5 rings (SSSR count). The monoisotopic (exact) mass is 483 g/mol. The Morgan fingerprint density at radius 3 is 1.83 bits per heavy atom. The van der Waals surface area contributed by atoms with Gasteiger partial charge in [-0.3, -0.25) is 14.5 Å². The van der Waals surface area contributed by atoms with Crippen LogP contribution in [0.1, 0.15) is 31.8 Å². The lowest BCUT2D eigenvalue weighted by Crippen LogP contribution is -2.41. The smallest absolute Gasteiger partial charge is 0.261 e. The summed E-state index contributed by atoms with van der Waals surface area (Å²) in [5.41, 5.74) is 2.56. The van der Waals surface area contributed by atoms with E-state index in [0.29, 0.717) is 28.5 Å². The number of primary sulfonamides is 1. The lowest BCUT2D eigenvalue weighted by Gasteiger charge is -2.27. The largest absolute Gasteiger partial charge is 0.274 e. The lowest BCUT2D eigenvalue weighted by molar-refractivity contribution is 0.0612. The average molecular weight is 484 g/mol. The van der Waals surface area contributed by atoms with Gasteiger partial charge in [0, 0.05) is 23.1 Å². The van der Waals surface area contributed by atoms with E-state index in [0.717, 1.165) is 10.9 Å². The van der Waals surface area contributed by atoms with Crippen LogP contribution in [-0.2, 0) is 16.4 Å². The van der Waals surface area contributed by atoms with Crippen molar-refractivity contribution in [2.45, 2.75) is 11.3 Å². The highest BCUT2D eigenvalue weighted by Gasteiger charge is 2.32. The Hall–Kier alpha value is -4.32. The van der Waals surface area contributed by atoms with Crippen molar-refractivity contribution >= 4 is 32.6 Å². The third-order valence-electron chi connectivity index (χ3n) is 5.63. The van der Waals surface area contributed by atoms with Gasteiger partial charge in [-0.1, -0.05) is 54.6 Å². The Morgan fingerprint density at radius 2 is 1.34 bits per heavy atom. The summed E-state index contributed by atoms with van der Waals surface area (Å²) in [7, 11) is -3.75. The minimum atomic E-state index is -3.75. The molecule has 8 heteroatoms. The molecule has 0 radical (unpaired) electrons. The molecule has 0 saturated carbocycles. The van der Waals surface area contributed by atoms with Crippen molar-refractivity contribution in [1.29, 1.82) is 5.26 Å². The lowest BCUT2D eigenvalue weighted by atomic mass is 9.94. The van der Waals surface area contributed by atoms with Crippen LogP contribution >= 0.6 is 0 Å². The van der Waals surface area contributed by atoms with Crippen LogP contribution < -0.4 is 5.14 Å². The zero-order chi connectivity index (χ0) is 25.0.